The van der Waals surface area contributed by atoms with Gasteiger partial charge in [-0.2, -0.15) is 5.26 Å². The summed E-state index contributed by atoms with van der Waals surface area (Å²) in [5.74, 6) is -0.529. The molecule has 26 heavy (non-hydrogen) atoms. The second-order valence-corrected chi connectivity index (χ2v) is 5.84. The van der Waals surface area contributed by atoms with Crippen LogP contribution in [0.5, 0.6) is 11.5 Å². The Morgan fingerprint density at radius 3 is 2.69 bits per heavy atom. The molecule has 0 unspecified atom stereocenters. The number of ether oxygens (including phenoxy) is 3. The molecule has 1 fully saturated rings. The van der Waals surface area contributed by atoms with Crippen LogP contribution in [0.3, 0.4) is 0 Å². The van der Waals surface area contributed by atoms with Gasteiger partial charge in [0, 0.05) is 31.9 Å². The van der Waals surface area contributed by atoms with E-state index in [9.17, 15) is 9.59 Å². The predicted molar refractivity (Wildman–Crippen MR) is 91.0 cm³/mol. The Hall–Kier alpha value is -2.79. The Bertz CT molecular complexity index is 679. The molecule has 0 radical (unpaired) electrons. The van der Waals surface area contributed by atoms with Gasteiger partial charge in [0.15, 0.2) is 18.1 Å². The van der Waals surface area contributed by atoms with Crippen molar-refractivity contribution in [2.45, 2.75) is 25.3 Å². The van der Waals surface area contributed by atoms with E-state index in [4.69, 9.17) is 24.6 Å². The molecule has 0 aliphatic carbocycles. The zero-order valence-electron chi connectivity index (χ0n) is 14.6. The first kappa shape index (κ1) is 19.5. The molecule has 0 atom stereocenters. The van der Waals surface area contributed by atoms with Gasteiger partial charge < -0.3 is 24.2 Å². The van der Waals surface area contributed by atoms with Gasteiger partial charge in [0.05, 0.1) is 25.2 Å². The van der Waals surface area contributed by atoms with Crippen molar-refractivity contribution in [1.29, 1.82) is 5.26 Å². The van der Waals surface area contributed by atoms with Crippen molar-refractivity contribution < 1.29 is 28.9 Å². The number of rotatable bonds is 8. The third-order valence-electron chi connectivity index (χ3n) is 4.16. The minimum absolute atomic E-state index is 0.0536. The van der Waals surface area contributed by atoms with Crippen molar-refractivity contribution in [3.8, 4) is 17.6 Å². The second kappa shape index (κ2) is 9.63. The fraction of sp³-hybridized carbons (Fsp3) is 0.500. The summed E-state index contributed by atoms with van der Waals surface area (Å²) >= 11 is 0. The summed E-state index contributed by atoms with van der Waals surface area (Å²) in [5, 5.41) is 17.9. The predicted octanol–water partition coefficient (Wildman–Crippen LogP) is 1.43. The number of aliphatic carboxylic acids is 1. The monoisotopic (exact) mass is 362 g/mol. The quantitative estimate of drug-likeness (QED) is 0.745. The van der Waals surface area contributed by atoms with E-state index in [2.05, 4.69) is 0 Å². The lowest BCUT2D eigenvalue weighted by Crippen LogP contribution is -2.46. The molecular weight excluding hydrogens is 340 g/mol. The van der Waals surface area contributed by atoms with Crippen LogP contribution in [-0.4, -0.2) is 61.4 Å². The van der Waals surface area contributed by atoms with E-state index in [1.54, 1.807) is 17.0 Å². The normalized spacial score (nSPS) is 14.3. The molecule has 0 bridgehead atoms. The van der Waals surface area contributed by atoms with Crippen LogP contribution in [0.1, 0.15) is 24.8 Å². The zero-order valence-corrected chi connectivity index (χ0v) is 14.6. The van der Waals surface area contributed by atoms with Crippen molar-refractivity contribution in [3.63, 3.8) is 0 Å². The number of hydrogen-bond acceptors (Lipinski definition) is 6. The molecule has 2 rings (SSSR count). The number of hydrogen-bond donors (Lipinski definition) is 1. The first-order chi connectivity index (χ1) is 12.5. The van der Waals surface area contributed by atoms with Crippen LogP contribution in [0.15, 0.2) is 18.2 Å². The summed E-state index contributed by atoms with van der Waals surface area (Å²) in [5.41, 5.74) is 0.422. The number of amides is 1. The summed E-state index contributed by atoms with van der Waals surface area (Å²) in [6.07, 6.45) is 1.22. The molecule has 1 aliphatic rings. The first-order valence-corrected chi connectivity index (χ1v) is 8.35. The standard InChI is InChI=1S/C18H22N2O6/c1-24-16-10-13(11-19)2-3-15(16)26-12-17(21)20(7-4-18(22)23)14-5-8-25-9-6-14/h2-3,10,14H,4-9,12H2,1H3,(H,22,23). The molecule has 1 aromatic rings. The number of methoxy groups -OCH3 is 1. The molecule has 1 aromatic carbocycles. The van der Waals surface area contributed by atoms with Crippen molar-refractivity contribution >= 4 is 11.9 Å². The molecule has 140 valence electrons. The van der Waals surface area contributed by atoms with Gasteiger partial charge in [0.1, 0.15) is 0 Å². The summed E-state index contributed by atoms with van der Waals surface area (Å²) in [4.78, 5) is 25.1. The molecule has 8 heteroatoms. The lowest BCUT2D eigenvalue weighted by atomic mass is 10.1. The van der Waals surface area contributed by atoms with Crippen LogP contribution in [0.4, 0.5) is 0 Å². The fourth-order valence-electron chi connectivity index (χ4n) is 2.80. The average Bonchev–Trinajstić information content (AvgIpc) is 2.66. The molecule has 0 saturated carbocycles. The highest BCUT2D eigenvalue weighted by Gasteiger charge is 2.26. The number of benzene rings is 1. The number of nitriles is 1. The Balaban J connectivity index is 2.04. The van der Waals surface area contributed by atoms with Gasteiger partial charge in [-0.15, -0.1) is 0 Å². The SMILES string of the molecule is COc1cc(C#N)ccc1OCC(=O)N(CCC(=O)O)C1CCOCC1. The summed E-state index contributed by atoms with van der Waals surface area (Å²) in [6.45, 7) is 0.990. The molecule has 1 saturated heterocycles. The largest absolute Gasteiger partial charge is 0.493 e. The average molecular weight is 362 g/mol. The highest BCUT2D eigenvalue weighted by molar-refractivity contribution is 5.79. The van der Waals surface area contributed by atoms with Crippen LogP contribution >= 0.6 is 0 Å². The minimum atomic E-state index is -0.954. The van der Waals surface area contributed by atoms with E-state index in [0.29, 0.717) is 43.1 Å². The number of carbonyl (C=O) groups is 2. The summed E-state index contributed by atoms with van der Waals surface area (Å²) in [6, 6.07) is 6.62. The number of carbonyl (C=O) groups excluding carboxylic acids is 1. The lowest BCUT2D eigenvalue weighted by molar-refractivity contribution is -0.141. The Morgan fingerprint density at radius 1 is 1.35 bits per heavy atom. The Labute approximate surface area is 151 Å². The second-order valence-electron chi connectivity index (χ2n) is 5.84. The third kappa shape index (κ3) is 5.36. The van der Waals surface area contributed by atoms with Crippen LogP contribution < -0.4 is 9.47 Å². The molecule has 1 heterocycles. The van der Waals surface area contributed by atoms with Crippen molar-refractivity contribution in [2.75, 3.05) is 33.5 Å². The first-order valence-electron chi connectivity index (χ1n) is 8.35. The highest BCUT2D eigenvalue weighted by atomic mass is 16.5. The lowest BCUT2D eigenvalue weighted by Gasteiger charge is -2.34. The van der Waals surface area contributed by atoms with E-state index in [0.717, 1.165) is 0 Å². The van der Waals surface area contributed by atoms with Gasteiger partial charge in [-0.25, -0.2) is 0 Å². The highest BCUT2D eigenvalue weighted by Crippen LogP contribution is 2.28. The topological polar surface area (TPSA) is 109 Å². The summed E-state index contributed by atoms with van der Waals surface area (Å²) < 4.78 is 16.1. The minimum Gasteiger partial charge on any atom is -0.493 e. The van der Waals surface area contributed by atoms with Gasteiger partial charge in [0.25, 0.3) is 5.91 Å². The van der Waals surface area contributed by atoms with E-state index in [1.165, 1.54) is 13.2 Å². The third-order valence-corrected chi connectivity index (χ3v) is 4.16. The molecule has 0 aromatic heterocycles. The van der Waals surface area contributed by atoms with Crippen LogP contribution in [0.2, 0.25) is 0 Å². The van der Waals surface area contributed by atoms with E-state index >= 15 is 0 Å². The van der Waals surface area contributed by atoms with E-state index in [-0.39, 0.29) is 31.5 Å². The Kier molecular flexibility index (Phi) is 7.24. The van der Waals surface area contributed by atoms with Crippen molar-refractivity contribution in [3.05, 3.63) is 23.8 Å². The fourth-order valence-corrected chi connectivity index (χ4v) is 2.80. The number of carboxylic acids is 1. The molecule has 1 amide bonds. The van der Waals surface area contributed by atoms with Gasteiger partial charge in [-0.1, -0.05) is 0 Å². The molecule has 0 spiro atoms. The maximum absolute atomic E-state index is 12.6. The number of carboxylic acid groups (broad SMARTS) is 1. The summed E-state index contributed by atoms with van der Waals surface area (Å²) in [7, 11) is 1.45. The number of nitrogens with zero attached hydrogens (tertiary/aromatic N) is 2. The van der Waals surface area contributed by atoms with Crippen LogP contribution in [-0.2, 0) is 14.3 Å². The Morgan fingerprint density at radius 2 is 2.08 bits per heavy atom. The maximum atomic E-state index is 12.6. The smallest absolute Gasteiger partial charge is 0.305 e. The molecule has 8 nitrogen and oxygen atoms in total. The zero-order chi connectivity index (χ0) is 18.9. The van der Waals surface area contributed by atoms with Gasteiger partial charge in [-0.05, 0) is 25.0 Å². The van der Waals surface area contributed by atoms with Crippen molar-refractivity contribution in [2.24, 2.45) is 0 Å². The molecule has 1 aliphatic heterocycles. The van der Waals surface area contributed by atoms with E-state index in [1.807, 2.05) is 6.07 Å². The van der Waals surface area contributed by atoms with Gasteiger partial charge >= 0.3 is 5.97 Å². The molecular formula is C18H22N2O6. The molecule has 1 N–H and O–H groups in total. The van der Waals surface area contributed by atoms with Crippen LogP contribution in [0.25, 0.3) is 0 Å². The van der Waals surface area contributed by atoms with Crippen LogP contribution in [0, 0.1) is 11.3 Å². The van der Waals surface area contributed by atoms with Gasteiger partial charge in [-0.3, -0.25) is 9.59 Å². The maximum Gasteiger partial charge on any atom is 0.305 e. The van der Waals surface area contributed by atoms with E-state index < -0.39 is 5.97 Å². The van der Waals surface area contributed by atoms with Crippen molar-refractivity contribution in [1.82, 2.24) is 4.90 Å². The van der Waals surface area contributed by atoms with Gasteiger partial charge in [0.2, 0.25) is 0 Å².